The number of hydrogen-bond donors (Lipinski definition) is 2. The molecule has 0 saturated heterocycles. The summed E-state index contributed by atoms with van der Waals surface area (Å²) in [5, 5.41) is 19.5. The summed E-state index contributed by atoms with van der Waals surface area (Å²) in [6.45, 7) is 9.28. The largest absolute Gasteiger partial charge is 0.481 e. The average Bonchev–Trinajstić information content (AvgIpc) is 3.05. The maximum absolute atomic E-state index is 13.9. The molecule has 0 spiro atoms. The Morgan fingerprint density at radius 3 is 2.40 bits per heavy atom. The van der Waals surface area contributed by atoms with Gasteiger partial charge in [-0.3, -0.25) is 9.59 Å². The number of carbonyl (C=O) groups is 2. The van der Waals surface area contributed by atoms with E-state index in [1.165, 1.54) is 6.42 Å². The topological polar surface area (TPSA) is 74.6 Å². The molecule has 10 atom stereocenters. The van der Waals surface area contributed by atoms with Gasteiger partial charge >= 0.3 is 5.97 Å². The molecule has 0 aromatic rings. The second-order valence-electron chi connectivity index (χ2n) is 11.8. The number of hydrogen-bond acceptors (Lipinski definition) is 3. The van der Waals surface area contributed by atoms with Gasteiger partial charge in [0.05, 0.1) is 6.10 Å². The van der Waals surface area contributed by atoms with Crippen molar-refractivity contribution in [2.24, 2.45) is 52.3 Å². The Kier molecular flexibility index (Phi) is 5.87. The molecule has 0 radical (unpaired) electrons. The van der Waals surface area contributed by atoms with Gasteiger partial charge in [0.1, 0.15) is 5.78 Å². The van der Waals surface area contributed by atoms with Crippen LogP contribution < -0.4 is 0 Å². The molecule has 4 saturated carbocycles. The Bertz CT molecular complexity index is 689. The van der Waals surface area contributed by atoms with Crippen molar-refractivity contribution in [1.82, 2.24) is 0 Å². The van der Waals surface area contributed by atoms with Crippen molar-refractivity contribution in [3.8, 4) is 0 Å². The van der Waals surface area contributed by atoms with Gasteiger partial charge in [-0.25, -0.2) is 0 Å². The highest BCUT2D eigenvalue weighted by Crippen LogP contribution is 2.68. The molecule has 0 bridgehead atoms. The second-order valence-corrected chi connectivity index (χ2v) is 11.8. The molecule has 0 aliphatic heterocycles. The van der Waals surface area contributed by atoms with Gasteiger partial charge in [-0.05, 0) is 98.2 Å². The summed E-state index contributed by atoms with van der Waals surface area (Å²) in [5.41, 5.74) is 0.358. The number of carboxylic acids is 1. The minimum absolute atomic E-state index is 0.108. The van der Waals surface area contributed by atoms with Crippen LogP contribution in [0.5, 0.6) is 0 Å². The first-order valence-electron chi connectivity index (χ1n) is 12.6. The fraction of sp³-hybridized carbons (Fsp3) is 0.923. The van der Waals surface area contributed by atoms with Crippen LogP contribution in [0.4, 0.5) is 0 Å². The van der Waals surface area contributed by atoms with E-state index in [1.807, 2.05) is 0 Å². The van der Waals surface area contributed by atoms with Crippen molar-refractivity contribution in [3.63, 3.8) is 0 Å². The molecule has 0 aromatic carbocycles. The minimum atomic E-state index is -0.697. The van der Waals surface area contributed by atoms with Gasteiger partial charge in [-0.2, -0.15) is 0 Å². The zero-order valence-electron chi connectivity index (χ0n) is 19.4. The molecule has 30 heavy (non-hydrogen) atoms. The van der Waals surface area contributed by atoms with Gasteiger partial charge in [-0.15, -0.1) is 0 Å². The van der Waals surface area contributed by atoms with E-state index < -0.39 is 5.97 Å². The first-order chi connectivity index (χ1) is 14.1. The number of carbonyl (C=O) groups excluding carboxylic acids is 1. The number of ketones is 1. The van der Waals surface area contributed by atoms with E-state index in [9.17, 15) is 14.7 Å². The summed E-state index contributed by atoms with van der Waals surface area (Å²) in [6, 6.07) is 0. The van der Waals surface area contributed by atoms with Gasteiger partial charge < -0.3 is 10.2 Å². The number of rotatable bonds is 5. The number of fused-ring (bicyclic) bond motifs is 5. The zero-order valence-corrected chi connectivity index (χ0v) is 19.4. The summed E-state index contributed by atoms with van der Waals surface area (Å²) in [4.78, 5) is 25.0. The molecular weight excluding hydrogens is 376 g/mol. The predicted octanol–water partition coefficient (Wildman–Crippen LogP) is 5.32. The van der Waals surface area contributed by atoms with Crippen molar-refractivity contribution in [3.05, 3.63) is 0 Å². The van der Waals surface area contributed by atoms with Crippen LogP contribution in [-0.2, 0) is 9.59 Å². The van der Waals surface area contributed by atoms with E-state index in [2.05, 4.69) is 27.7 Å². The van der Waals surface area contributed by atoms with Gasteiger partial charge in [0.15, 0.2) is 0 Å². The molecule has 0 heterocycles. The first-order valence-corrected chi connectivity index (χ1v) is 12.6. The standard InChI is InChI=1S/C26H42O4/c1-5-17-21-14-16(27)10-12-26(21,4)20-11-13-25(3)18(15(2)6-9-22(28)29)7-8-19(25)23(20)24(17)30/h15-21,23,27H,5-14H2,1-4H3,(H,28,29)/t15-,16-,17-,18?,19+,20?,21+,23?,25-,26-/m1/s1. The molecule has 170 valence electrons. The third kappa shape index (κ3) is 3.27. The van der Waals surface area contributed by atoms with Crippen molar-refractivity contribution in [2.75, 3.05) is 0 Å². The highest BCUT2D eigenvalue weighted by atomic mass is 16.4. The van der Waals surface area contributed by atoms with Crippen molar-refractivity contribution in [2.45, 2.75) is 98.0 Å². The Balaban J connectivity index is 1.62. The average molecular weight is 419 g/mol. The normalized spacial score (nSPS) is 49.1. The maximum Gasteiger partial charge on any atom is 0.303 e. The Morgan fingerprint density at radius 1 is 1.07 bits per heavy atom. The summed E-state index contributed by atoms with van der Waals surface area (Å²) < 4.78 is 0. The SMILES string of the molecule is CC[C@H]1C(=O)C2C(CC[C@]3(C)C([C@H](C)CCC(=O)O)CC[C@@H]23)[C@@]2(C)CC[C@@H](O)C[C@@H]12. The third-order valence-electron chi connectivity index (χ3n) is 10.7. The summed E-state index contributed by atoms with van der Waals surface area (Å²) in [6.07, 6.45) is 9.01. The van der Waals surface area contributed by atoms with E-state index in [1.54, 1.807) is 0 Å². The van der Waals surface area contributed by atoms with E-state index in [0.717, 1.165) is 51.4 Å². The van der Waals surface area contributed by atoms with Crippen LogP contribution in [0.3, 0.4) is 0 Å². The number of Topliss-reactive ketones (excluding diaryl/α,β-unsaturated/α-hetero) is 1. The Morgan fingerprint density at radius 2 is 1.73 bits per heavy atom. The Hall–Kier alpha value is -0.900. The Labute approximate surface area is 182 Å². The van der Waals surface area contributed by atoms with Crippen LogP contribution in [0.2, 0.25) is 0 Å². The van der Waals surface area contributed by atoms with Crippen molar-refractivity contribution >= 4 is 11.8 Å². The molecule has 4 aliphatic rings. The molecule has 4 rings (SSSR count). The number of carboxylic acid groups (broad SMARTS) is 1. The van der Waals surface area contributed by atoms with Crippen LogP contribution in [-0.4, -0.2) is 28.1 Å². The monoisotopic (exact) mass is 418 g/mol. The van der Waals surface area contributed by atoms with E-state index in [0.29, 0.717) is 35.4 Å². The van der Waals surface area contributed by atoms with Crippen LogP contribution >= 0.6 is 0 Å². The highest BCUT2D eigenvalue weighted by molar-refractivity contribution is 5.86. The lowest BCUT2D eigenvalue weighted by Gasteiger charge is -2.62. The fourth-order valence-electron chi connectivity index (χ4n) is 9.16. The molecule has 0 amide bonds. The molecule has 4 heteroatoms. The van der Waals surface area contributed by atoms with Crippen LogP contribution in [0.1, 0.15) is 91.9 Å². The summed E-state index contributed by atoms with van der Waals surface area (Å²) in [5.74, 6) is 2.31. The van der Waals surface area contributed by atoms with Crippen LogP contribution in [0, 0.1) is 52.3 Å². The fourth-order valence-corrected chi connectivity index (χ4v) is 9.16. The first kappa shape index (κ1) is 22.3. The van der Waals surface area contributed by atoms with Gasteiger partial charge in [0, 0.05) is 18.3 Å². The second kappa shape index (κ2) is 7.90. The van der Waals surface area contributed by atoms with E-state index in [4.69, 9.17) is 5.11 Å². The predicted molar refractivity (Wildman–Crippen MR) is 117 cm³/mol. The smallest absolute Gasteiger partial charge is 0.303 e. The third-order valence-corrected chi connectivity index (χ3v) is 10.7. The number of aliphatic hydroxyl groups excluding tert-OH is 1. The maximum atomic E-state index is 13.9. The van der Waals surface area contributed by atoms with Crippen LogP contribution in [0.25, 0.3) is 0 Å². The van der Waals surface area contributed by atoms with E-state index >= 15 is 0 Å². The summed E-state index contributed by atoms with van der Waals surface area (Å²) in [7, 11) is 0. The molecule has 0 aromatic heterocycles. The molecule has 4 fully saturated rings. The molecule has 4 aliphatic carbocycles. The minimum Gasteiger partial charge on any atom is -0.481 e. The van der Waals surface area contributed by atoms with Gasteiger partial charge in [-0.1, -0.05) is 27.7 Å². The van der Waals surface area contributed by atoms with Crippen LogP contribution in [0.15, 0.2) is 0 Å². The molecule has 4 nitrogen and oxygen atoms in total. The number of aliphatic hydroxyl groups is 1. The van der Waals surface area contributed by atoms with Gasteiger partial charge in [0.25, 0.3) is 0 Å². The summed E-state index contributed by atoms with van der Waals surface area (Å²) >= 11 is 0. The lowest BCUT2D eigenvalue weighted by Crippen LogP contribution is -2.60. The van der Waals surface area contributed by atoms with E-state index in [-0.39, 0.29) is 35.2 Å². The molecule has 3 unspecified atom stereocenters. The number of aliphatic carboxylic acids is 1. The van der Waals surface area contributed by atoms with Gasteiger partial charge in [0.2, 0.25) is 0 Å². The lowest BCUT2D eigenvalue weighted by molar-refractivity contribution is -0.173. The van der Waals surface area contributed by atoms with Crippen molar-refractivity contribution in [1.29, 1.82) is 0 Å². The lowest BCUT2D eigenvalue weighted by atomic mass is 9.42. The molecule has 2 N–H and O–H groups in total. The van der Waals surface area contributed by atoms with Crippen molar-refractivity contribution < 1.29 is 19.8 Å². The quantitative estimate of drug-likeness (QED) is 0.633. The zero-order chi connectivity index (χ0) is 21.8. The highest BCUT2D eigenvalue weighted by Gasteiger charge is 2.65. The molecular formula is C26H42O4.